The van der Waals surface area contributed by atoms with Crippen molar-refractivity contribution in [3.05, 3.63) is 18.0 Å². The lowest BCUT2D eigenvalue weighted by molar-refractivity contribution is -0.135. The standard InChI is InChI=1S/C14H20N4O2/c1-16(7-10-6-15-17(2)8-10)14(20)11-5-13(19)18(9-11)12-3-4-12/h6,8,11-12H,3-5,7,9H2,1-2H3. The van der Waals surface area contributed by atoms with Crippen molar-refractivity contribution in [2.24, 2.45) is 13.0 Å². The van der Waals surface area contributed by atoms with Crippen molar-refractivity contribution in [1.82, 2.24) is 19.6 Å². The summed E-state index contributed by atoms with van der Waals surface area (Å²) in [5, 5.41) is 4.10. The summed E-state index contributed by atoms with van der Waals surface area (Å²) in [7, 11) is 3.65. The molecular formula is C14H20N4O2. The number of aryl methyl sites for hydroxylation is 1. The predicted octanol–water partition coefficient (Wildman–Crippen LogP) is 0.389. The van der Waals surface area contributed by atoms with Crippen LogP contribution in [0.15, 0.2) is 12.4 Å². The first-order valence-electron chi connectivity index (χ1n) is 7.06. The molecule has 0 spiro atoms. The first-order chi connectivity index (χ1) is 9.54. The Kier molecular flexibility index (Phi) is 3.23. The highest BCUT2D eigenvalue weighted by molar-refractivity contribution is 5.89. The summed E-state index contributed by atoms with van der Waals surface area (Å²) in [5.74, 6) is 0.0238. The SMILES string of the molecule is CN(Cc1cnn(C)c1)C(=O)C1CC(=O)N(C2CC2)C1. The average Bonchev–Trinajstić information content (AvgIpc) is 3.06. The van der Waals surface area contributed by atoms with Crippen LogP contribution in [-0.2, 0) is 23.2 Å². The maximum atomic E-state index is 12.4. The highest BCUT2D eigenvalue weighted by Gasteiger charge is 2.42. The van der Waals surface area contributed by atoms with E-state index < -0.39 is 0 Å². The highest BCUT2D eigenvalue weighted by Crippen LogP contribution is 2.33. The molecule has 0 radical (unpaired) electrons. The number of likely N-dealkylation sites (tertiary alicyclic amines) is 1. The Labute approximate surface area is 118 Å². The van der Waals surface area contributed by atoms with Crippen LogP contribution in [0.3, 0.4) is 0 Å². The second-order valence-electron chi connectivity index (χ2n) is 5.89. The number of amides is 2. The van der Waals surface area contributed by atoms with Gasteiger partial charge in [0.2, 0.25) is 11.8 Å². The van der Waals surface area contributed by atoms with E-state index in [0.29, 0.717) is 25.6 Å². The molecule has 1 aliphatic carbocycles. The molecule has 2 heterocycles. The van der Waals surface area contributed by atoms with Gasteiger partial charge in [-0.3, -0.25) is 14.3 Å². The van der Waals surface area contributed by atoms with Gasteiger partial charge in [0, 0.05) is 51.4 Å². The van der Waals surface area contributed by atoms with Gasteiger partial charge in [-0.15, -0.1) is 0 Å². The Bertz CT molecular complexity index is 535. The topological polar surface area (TPSA) is 58.4 Å². The summed E-state index contributed by atoms with van der Waals surface area (Å²) in [4.78, 5) is 27.9. The van der Waals surface area contributed by atoms with Crippen LogP contribution in [0.2, 0.25) is 0 Å². The molecule has 0 aromatic carbocycles. The smallest absolute Gasteiger partial charge is 0.228 e. The molecule has 6 heteroatoms. The molecule has 1 unspecified atom stereocenters. The second-order valence-corrected chi connectivity index (χ2v) is 5.89. The van der Waals surface area contributed by atoms with Crippen LogP contribution >= 0.6 is 0 Å². The van der Waals surface area contributed by atoms with Gasteiger partial charge >= 0.3 is 0 Å². The van der Waals surface area contributed by atoms with Gasteiger partial charge in [0.05, 0.1) is 12.1 Å². The van der Waals surface area contributed by atoms with E-state index in [2.05, 4.69) is 5.10 Å². The molecule has 2 fully saturated rings. The molecule has 0 N–H and O–H groups in total. The monoisotopic (exact) mass is 276 g/mol. The lowest BCUT2D eigenvalue weighted by atomic mass is 10.1. The van der Waals surface area contributed by atoms with Crippen LogP contribution < -0.4 is 0 Å². The van der Waals surface area contributed by atoms with E-state index >= 15 is 0 Å². The molecule has 1 saturated heterocycles. The minimum absolute atomic E-state index is 0.0605. The van der Waals surface area contributed by atoms with E-state index in [-0.39, 0.29) is 17.7 Å². The second kappa shape index (κ2) is 4.92. The first-order valence-corrected chi connectivity index (χ1v) is 7.06. The van der Waals surface area contributed by atoms with Gasteiger partial charge in [-0.2, -0.15) is 5.10 Å². The molecule has 108 valence electrons. The van der Waals surface area contributed by atoms with Gasteiger partial charge < -0.3 is 9.80 Å². The molecule has 1 aromatic rings. The summed E-state index contributed by atoms with van der Waals surface area (Å²) in [6.45, 7) is 1.14. The van der Waals surface area contributed by atoms with Gasteiger partial charge in [0.25, 0.3) is 0 Å². The van der Waals surface area contributed by atoms with Crippen LogP contribution in [0.25, 0.3) is 0 Å². The van der Waals surface area contributed by atoms with Crippen LogP contribution in [0.1, 0.15) is 24.8 Å². The maximum absolute atomic E-state index is 12.4. The van der Waals surface area contributed by atoms with Gasteiger partial charge in [0.15, 0.2) is 0 Å². The molecular weight excluding hydrogens is 256 g/mol. The van der Waals surface area contributed by atoms with Gasteiger partial charge in [-0.05, 0) is 12.8 Å². The fourth-order valence-electron chi connectivity index (χ4n) is 2.85. The largest absolute Gasteiger partial charge is 0.341 e. The van der Waals surface area contributed by atoms with Crippen LogP contribution in [0.5, 0.6) is 0 Å². The molecule has 1 aliphatic heterocycles. The molecule has 2 aliphatic rings. The third kappa shape index (κ3) is 2.55. The quantitative estimate of drug-likeness (QED) is 0.799. The van der Waals surface area contributed by atoms with Crippen molar-refractivity contribution in [3.63, 3.8) is 0 Å². The maximum Gasteiger partial charge on any atom is 0.228 e. The van der Waals surface area contributed by atoms with Crippen molar-refractivity contribution in [2.45, 2.75) is 31.8 Å². The molecule has 6 nitrogen and oxygen atoms in total. The van der Waals surface area contributed by atoms with Crippen molar-refractivity contribution >= 4 is 11.8 Å². The summed E-state index contributed by atoms with van der Waals surface area (Å²) < 4.78 is 1.72. The summed E-state index contributed by atoms with van der Waals surface area (Å²) in [6.07, 6.45) is 6.23. The van der Waals surface area contributed by atoms with Gasteiger partial charge in [-0.25, -0.2) is 0 Å². The van der Waals surface area contributed by atoms with Crippen LogP contribution in [0.4, 0.5) is 0 Å². The summed E-state index contributed by atoms with van der Waals surface area (Å²) in [6, 6.07) is 0.406. The molecule has 20 heavy (non-hydrogen) atoms. The van der Waals surface area contributed by atoms with E-state index in [1.165, 1.54) is 0 Å². The first kappa shape index (κ1) is 13.1. The lowest BCUT2D eigenvalue weighted by Crippen LogP contribution is -2.34. The van der Waals surface area contributed by atoms with Gasteiger partial charge in [0.1, 0.15) is 0 Å². The molecule has 1 atom stereocenters. The predicted molar refractivity (Wildman–Crippen MR) is 72.5 cm³/mol. The number of nitrogens with zero attached hydrogens (tertiary/aromatic N) is 4. The Morgan fingerprint density at radius 3 is 2.85 bits per heavy atom. The Morgan fingerprint density at radius 1 is 1.50 bits per heavy atom. The van der Waals surface area contributed by atoms with Crippen molar-refractivity contribution in [2.75, 3.05) is 13.6 Å². The third-order valence-electron chi connectivity index (χ3n) is 4.05. The normalized spacial score (nSPS) is 22.4. The average molecular weight is 276 g/mol. The van der Waals surface area contributed by atoms with E-state index in [4.69, 9.17) is 0 Å². The zero-order valence-electron chi connectivity index (χ0n) is 12.0. The highest BCUT2D eigenvalue weighted by atomic mass is 16.2. The lowest BCUT2D eigenvalue weighted by Gasteiger charge is -2.20. The number of rotatable bonds is 4. The van der Waals surface area contributed by atoms with Crippen molar-refractivity contribution in [1.29, 1.82) is 0 Å². The minimum atomic E-state index is -0.176. The number of hydrogen-bond acceptors (Lipinski definition) is 3. The fraction of sp³-hybridized carbons (Fsp3) is 0.643. The fourth-order valence-corrected chi connectivity index (χ4v) is 2.85. The Morgan fingerprint density at radius 2 is 2.25 bits per heavy atom. The van der Waals surface area contributed by atoms with E-state index in [1.54, 1.807) is 22.8 Å². The van der Waals surface area contributed by atoms with Gasteiger partial charge in [-0.1, -0.05) is 0 Å². The van der Waals surface area contributed by atoms with Crippen molar-refractivity contribution in [3.8, 4) is 0 Å². The molecule has 2 amide bonds. The van der Waals surface area contributed by atoms with E-state index in [9.17, 15) is 9.59 Å². The number of hydrogen-bond donors (Lipinski definition) is 0. The number of carbonyl (C=O) groups is 2. The van der Waals surface area contributed by atoms with Crippen molar-refractivity contribution < 1.29 is 9.59 Å². The Balaban J connectivity index is 1.59. The molecule has 1 aromatic heterocycles. The summed E-state index contributed by atoms with van der Waals surface area (Å²) >= 11 is 0. The number of aromatic nitrogens is 2. The molecule has 1 saturated carbocycles. The molecule has 3 rings (SSSR count). The zero-order valence-corrected chi connectivity index (χ0v) is 12.0. The Hall–Kier alpha value is -1.85. The van der Waals surface area contributed by atoms with Crippen LogP contribution in [-0.4, -0.2) is 51.0 Å². The molecule has 0 bridgehead atoms. The minimum Gasteiger partial charge on any atom is -0.341 e. The number of carbonyl (C=O) groups excluding carboxylic acids is 2. The zero-order chi connectivity index (χ0) is 14.3. The summed E-state index contributed by atoms with van der Waals surface area (Å²) in [5.41, 5.74) is 1.01. The third-order valence-corrected chi connectivity index (χ3v) is 4.05. The van der Waals surface area contributed by atoms with E-state index in [1.807, 2.05) is 18.1 Å². The van der Waals surface area contributed by atoms with Crippen LogP contribution in [0, 0.1) is 5.92 Å². The van der Waals surface area contributed by atoms with E-state index in [0.717, 1.165) is 18.4 Å².